The van der Waals surface area contributed by atoms with E-state index in [1.807, 2.05) is 49.4 Å². The summed E-state index contributed by atoms with van der Waals surface area (Å²) in [5.41, 5.74) is 5.83. The van der Waals surface area contributed by atoms with Gasteiger partial charge in [-0.25, -0.2) is 4.98 Å². The second-order valence-corrected chi connectivity index (χ2v) is 9.21. The van der Waals surface area contributed by atoms with Gasteiger partial charge in [0.2, 0.25) is 0 Å². The molecule has 3 N–H and O–H groups in total. The minimum Gasteiger partial charge on any atom is -0.445 e. The minimum atomic E-state index is -0.265. The van der Waals surface area contributed by atoms with Crippen molar-refractivity contribution in [3.63, 3.8) is 0 Å². The number of aromatic nitrogens is 2. The van der Waals surface area contributed by atoms with Crippen LogP contribution in [0.3, 0.4) is 0 Å². The van der Waals surface area contributed by atoms with Crippen molar-refractivity contribution in [2.24, 2.45) is 0 Å². The molecule has 1 fully saturated rings. The number of hydrogen-bond acceptors (Lipinski definition) is 6. The first-order valence-electron chi connectivity index (χ1n) is 12.1. The van der Waals surface area contributed by atoms with E-state index < -0.39 is 0 Å². The Morgan fingerprint density at radius 3 is 2.69 bits per heavy atom. The Morgan fingerprint density at radius 1 is 1.09 bits per heavy atom. The largest absolute Gasteiger partial charge is 0.445 e. The number of carbonyl (C=O) groups excluding carboxylic acids is 1. The number of aliphatic hydroxyl groups excluding tert-OH is 1. The quantitative estimate of drug-likeness (QED) is 0.380. The molecule has 0 unspecified atom stereocenters. The Hall–Kier alpha value is -3.55. The number of aryl methyl sites for hydroxylation is 2. The smallest absolute Gasteiger partial charge is 0.277 e. The van der Waals surface area contributed by atoms with E-state index in [9.17, 15) is 9.90 Å². The number of para-hydroxylation sites is 1. The number of anilines is 1. The molecule has 7 nitrogen and oxygen atoms in total. The molecule has 2 aromatic heterocycles. The van der Waals surface area contributed by atoms with Crippen molar-refractivity contribution < 1.29 is 14.3 Å². The van der Waals surface area contributed by atoms with Crippen LogP contribution >= 0.6 is 0 Å². The summed E-state index contributed by atoms with van der Waals surface area (Å²) < 4.78 is 5.86. The van der Waals surface area contributed by atoms with Gasteiger partial charge in [0.25, 0.3) is 5.91 Å². The number of nitrogens with zero attached hydrogens (tertiary/aromatic N) is 2. The van der Waals surface area contributed by atoms with Crippen LogP contribution in [0.5, 0.6) is 0 Å². The van der Waals surface area contributed by atoms with Crippen LogP contribution in [-0.4, -0.2) is 34.1 Å². The summed E-state index contributed by atoms with van der Waals surface area (Å²) in [5.74, 6) is 1.19. The van der Waals surface area contributed by atoms with Crippen molar-refractivity contribution in [1.82, 2.24) is 15.3 Å². The number of carbonyl (C=O) groups is 1. The molecule has 1 aliphatic rings. The summed E-state index contributed by atoms with van der Waals surface area (Å²) in [5, 5.41) is 17.1. The van der Waals surface area contributed by atoms with Crippen LogP contribution in [0.15, 0.2) is 52.9 Å². The first-order chi connectivity index (χ1) is 17.0. The van der Waals surface area contributed by atoms with E-state index in [-0.39, 0.29) is 18.4 Å². The number of piperidine rings is 1. The van der Waals surface area contributed by atoms with Crippen molar-refractivity contribution in [3.05, 3.63) is 88.3 Å². The van der Waals surface area contributed by atoms with Crippen LogP contribution in [0.4, 0.5) is 5.69 Å². The molecule has 1 aliphatic heterocycles. The zero-order chi connectivity index (χ0) is 24.4. The van der Waals surface area contributed by atoms with Gasteiger partial charge in [0.1, 0.15) is 5.76 Å². The first kappa shape index (κ1) is 23.2. The van der Waals surface area contributed by atoms with Gasteiger partial charge in [0.05, 0.1) is 12.1 Å². The van der Waals surface area contributed by atoms with Crippen LogP contribution in [0.1, 0.15) is 63.3 Å². The van der Waals surface area contributed by atoms with E-state index in [1.165, 1.54) is 0 Å². The van der Waals surface area contributed by atoms with Crippen molar-refractivity contribution >= 4 is 22.5 Å². The van der Waals surface area contributed by atoms with Crippen molar-refractivity contribution in [1.29, 1.82) is 0 Å². The second kappa shape index (κ2) is 9.98. The van der Waals surface area contributed by atoms with E-state index in [0.29, 0.717) is 29.5 Å². The summed E-state index contributed by atoms with van der Waals surface area (Å²) in [7, 11) is 0. The molecule has 180 valence electrons. The Morgan fingerprint density at radius 2 is 1.89 bits per heavy atom. The predicted octanol–water partition coefficient (Wildman–Crippen LogP) is 4.64. The normalized spacial score (nSPS) is 14.4. The van der Waals surface area contributed by atoms with Gasteiger partial charge < -0.3 is 20.2 Å². The highest BCUT2D eigenvalue weighted by atomic mass is 16.4. The fraction of sp³-hybridized carbons (Fsp3) is 0.321. The monoisotopic (exact) mass is 470 g/mol. The minimum absolute atomic E-state index is 0.0222. The average molecular weight is 471 g/mol. The molecule has 1 amide bonds. The molecule has 0 aliphatic carbocycles. The SMILES string of the molecule is Cc1cc(CO)c2cccc(Cc3cccc(NC(=O)c4nc(C5CCNCC5)oc4C)c3)c2n1. The summed E-state index contributed by atoms with van der Waals surface area (Å²) in [6.07, 6.45) is 2.59. The van der Waals surface area contributed by atoms with Crippen LogP contribution in [0.2, 0.25) is 0 Å². The zero-order valence-electron chi connectivity index (χ0n) is 20.1. The lowest BCUT2D eigenvalue weighted by atomic mass is 9.98. The molecule has 35 heavy (non-hydrogen) atoms. The van der Waals surface area contributed by atoms with E-state index in [4.69, 9.17) is 9.40 Å². The molecule has 0 spiro atoms. The van der Waals surface area contributed by atoms with Crippen LogP contribution in [0, 0.1) is 13.8 Å². The number of aliphatic hydroxyl groups is 1. The van der Waals surface area contributed by atoms with Gasteiger partial charge in [0, 0.05) is 22.7 Å². The summed E-state index contributed by atoms with van der Waals surface area (Å²) in [6.45, 7) is 5.58. The highest BCUT2D eigenvalue weighted by Crippen LogP contribution is 2.27. The Kier molecular flexibility index (Phi) is 6.61. The summed E-state index contributed by atoms with van der Waals surface area (Å²) in [6, 6.07) is 15.8. The topological polar surface area (TPSA) is 100 Å². The number of nitrogens with one attached hydrogen (secondary N) is 2. The van der Waals surface area contributed by atoms with E-state index in [2.05, 4.69) is 21.7 Å². The Balaban J connectivity index is 1.35. The molecule has 0 saturated carbocycles. The number of oxazole rings is 1. The molecule has 1 saturated heterocycles. The maximum absolute atomic E-state index is 13.0. The van der Waals surface area contributed by atoms with Crippen LogP contribution in [-0.2, 0) is 13.0 Å². The predicted molar refractivity (Wildman–Crippen MR) is 136 cm³/mol. The molecule has 0 atom stereocenters. The second-order valence-electron chi connectivity index (χ2n) is 9.21. The van der Waals surface area contributed by atoms with Gasteiger partial charge in [-0.2, -0.15) is 0 Å². The number of amides is 1. The van der Waals surface area contributed by atoms with Crippen molar-refractivity contribution in [3.8, 4) is 0 Å². The molecule has 3 heterocycles. The highest BCUT2D eigenvalue weighted by molar-refractivity contribution is 6.03. The van der Waals surface area contributed by atoms with Gasteiger partial charge in [-0.3, -0.25) is 9.78 Å². The number of fused-ring (bicyclic) bond motifs is 1. The lowest BCUT2D eigenvalue weighted by molar-refractivity contribution is 0.102. The van der Waals surface area contributed by atoms with E-state index in [0.717, 1.165) is 59.2 Å². The fourth-order valence-corrected chi connectivity index (χ4v) is 4.83. The molecule has 0 bridgehead atoms. The highest BCUT2D eigenvalue weighted by Gasteiger charge is 2.24. The van der Waals surface area contributed by atoms with Gasteiger partial charge in [-0.05, 0) is 81.1 Å². The van der Waals surface area contributed by atoms with Gasteiger partial charge >= 0.3 is 0 Å². The van der Waals surface area contributed by atoms with Crippen molar-refractivity contribution in [2.45, 2.75) is 45.6 Å². The lowest BCUT2D eigenvalue weighted by Crippen LogP contribution is -2.26. The van der Waals surface area contributed by atoms with E-state index >= 15 is 0 Å². The van der Waals surface area contributed by atoms with Crippen LogP contribution in [0.25, 0.3) is 10.9 Å². The number of rotatable bonds is 6. The maximum atomic E-state index is 13.0. The maximum Gasteiger partial charge on any atom is 0.277 e. The third kappa shape index (κ3) is 4.97. The molecule has 5 rings (SSSR count). The molecule has 0 radical (unpaired) electrons. The third-order valence-electron chi connectivity index (χ3n) is 6.60. The fourth-order valence-electron chi connectivity index (χ4n) is 4.83. The third-order valence-corrected chi connectivity index (χ3v) is 6.60. The average Bonchev–Trinajstić information content (AvgIpc) is 3.26. The van der Waals surface area contributed by atoms with E-state index in [1.54, 1.807) is 6.92 Å². The standard InChI is InChI=1S/C28H30N4O3/c1-17-13-22(16-33)24-8-4-6-21(26(24)30-17)14-19-5-3-7-23(15-19)31-27(34)25-18(2)35-28(32-25)20-9-11-29-12-10-20/h3-8,13,15,20,29,33H,9-12,14,16H2,1-2H3,(H,31,34). The van der Waals surface area contributed by atoms with Gasteiger partial charge in [0.15, 0.2) is 11.6 Å². The Labute approximate surface area is 204 Å². The van der Waals surface area contributed by atoms with Gasteiger partial charge in [-0.1, -0.05) is 30.3 Å². The summed E-state index contributed by atoms with van der Waals surface area (Å²) >= 11 is 0. The number of benzene rings is 2. The van der Waals surface area contributed by atoms with Crippen LogP contribution < -0.4 is 10.6 Å². The zero-order valence-corrected chi connectivity index (χ0v) is 20.1. The first-order valence-corrected chi connectivity index (χ1v) is 12.1. The molecule has 4 aromatic rings. The number of pyridine rings is 1. The molecular weight excluding hydrogens is 440 g/mol. The Bertz CT molecular complexity index is 1370. The van der Waals surface area contributed by atoms with Crippen molar-refractivity contribution in [2.75, 3.05) is 18.4 Å². The number of hydrogen-bond donors (Lipinski definition) is 3. The van der Waals surface area contributed by atoms with Gasteiger partial charge in [-0.15, -0.1) is 0 Å². The molecule has 7 heteroatoms. The molecular formula is C28H30N4O3. The summed E-state index contributed by atoms with van der Waals surface area (Å²) in [4.78, 5) is 22.3. The molecule has 2 aromatic carbocycles. The lowest BCUT2D eigenvalue weighted by Gasteiger charge is -2.19.